The lowest BCUT2D eigenvalue weighted by Gasteiger charge is -2.36. The number of aliphatic carboxylic acids is 3. The number of aromatic amines is 1. The highest BCUT2D eigenvalue weighted by atomic mass is 16.4. The number of aliphatic hydroxyl groups excluding tert-OH is 2. The molecule has 8 heterocycles. The van der Waals surface area contributed by atoms with Crippen molar-refractivity contribution < 1.29 is 131 Å². The highest BCUT2D eigenvalue weighted by molar-refractivity contribution is 6.03. The molecule has 0 aromatic carbocycles. The van der Waals surface area contributed by atoms with E-state index in [0.29, 0.717) is 58.0 Å². The molecule has 123 heavy (non-hydrogen) atoms. The molecule has 7 aliphatic rings. The first-order valence-corrected chi connectivity index (χ1v) is 40.7. The number of nitrogens with one attached hydrogen (secondary N) is 11. The highest BCUT2D eigenvalue weighted by Gasteiger charge is 2.50. The summed E-state index contributed by atoms with van der Waals surface area (Å²) >= 11 is 0. The molecule has 16 atom stereocenters. The van der Waals surface area contributed by atoms with Crippen LogP contribution < -0.4 is 76.1 Å². The Labute approximate surface area is 702 Å². The summed E-state index contributed by atoms with van der Waals surface area (Å²) in [7, 11) is 0. The Morgan fingerprint density at radius 1 is 0.366 bits per heavy atom. The Morgan fingerprint density at radius 3 is 1.15 bits per heavy atom. The van der Waals surface area contributed by atoms with Crippen molar-refractivity contribution in [2.45, 2.75) is 251 Å². The SMILES string of the molecule is NC(=O)CC[C@H](NC(=O)[C@H](Cc1cnc[nH]1)NC(=O)[C@H](CC(=O)O)NC(=O)[C@H](CCC(=O)O)NC(=O)[C@H](CO)NC(=O)[C@H](CC(N)=O)NC(=O)[C@H](CCC(N)=O)NC(=O)[C@@H]1CCCN1C(=O)[C@H](CO)NC(=O)[C@@H]1CCCN1C(=O)[C@@H]1CCCN1C(=O)[C@@H]1CCCN1C(=O)[C@@H]1CCCN1C(=O)[C@@H]1CCCN1)C(=O)N[C@@H](CC(N)=O)C(=O)N1CCC[C@H]1C(=O)O. The normalized spacial score (nSPS) is 22.0. The van der Waals surface area contributed by atoms with Crippen LogP contribution in [-0.4, -0.2) is 351 Å². The number of carbonyl (C=O) groups is 22. The highest BCUT2D eigenvalue weighted by Crippen LogP contribution is 2.32. The van der Waals surface area contributed by atoms with Crippen molar-refractivity contribution in [3.63, 3.8) is 0 Å². The summed E-state index contributed by atoms with van der Waals surface area (Å²) in [4.78, 5) is 312. The Kier molecular flexibility index (Phi) is 34.9. The van der Waals surface area contributed by atoms with E-state index in [9.17, 15) is 131 Å². The van der Waals surface area contributed by atoms with Crippen molar-refractivity contribution in [3.05, 3.63) is 18.2 Å². The number of likely N-dealkylation sites (tertiary alicyclic amines) is 6. The van der Waals surface area contributed by atoms with Crippen LogP contribution in [0.5, 0.6) is 0 Å². The van der Waals surface area contributed by atoms with E-state index in [1.165, 1.54) is 20.9 Å². The molecule has 49 nitrogen and oxygen atoms in total. The molecular weight excluding hydrogens is 1630 g/mol. The van der Waals surface area contributed by atoms with E-state index < -0.39 is 286 Å². The fraction of sp³-hybridized carbons (Fsp3) is 0.662. The molecule has 0 bridgehead atoms. The molecule has 8 rings (SSSR count). The molecule has 0 spiro atoms. The van der Waals surface area contributed by atoms with E-state index in [1.807, 2.05) is 10.6 Å². The number of aliphatic hydroxyl groups is 2. The van der Waals surface area contributed by atoms with E-state index in [0.717, 1.165) is 22.5 Å². The lowest BCUT2D eigenvalue weighted by Crippen LogP contribution is -2.61. The van der Waals surface area contributed by atoms with Gasteiger partial charge in [-0.3, -0.25) is 101 Å². The molecule has 676 valence electrons. The predicted octanol–water partition coefficient (Wildman–Crippen LogP) is -11.3. The Balaban J connectivity index is 0.892. The number of aromatic nitrogens is 2. The van der Waals surface area contributed by atoms with Crippen LogP contribution in [0.3, 0.4) is 0 Å². The minimum Gasteiger partial charge on any atom is -0.481 e. The third-order valence-electron chi connectivity index (χ3n) is 22.5. The number of carbonyl (C=O) groups excluding carboxylic acids is 19. The molecule has 7 fully saturated rings. The fourth-order valence-electron chi connectivity index (χ4n) is 16.3. The number of carboxylic acids is 3. The first-order valence-electron chi connectivity index (χ1n) is 40.7. The molecule has 7 saturated heterocycles. The second kappa shape index (κ2) is 44.8. The molecule has 49 heteroatoms. The Hall–Kier alpha value is -12.6. The van der Waals surface area contributed by atoms with Crippen LogP contribution in [0.2, 0.25) is 0 Å². The zero-order valence-corrected chi connectivity index (χ0v) is 67.4. The number of imidazole rings is 1. The number of hydrogen-bond acceptors (Lipinski definition) is 26. The smallest absolute Gasteiger partial charge is 0.326 e. The number of carboxylic acid groups (broad SMARTS) is 3. The van der Waals surface area contributed by atoms with Gasteiger partial charge in [0.15, 0.2) is 0 Å². The molecular formula is C74H108N22O27. The van der Waals surface area contributed by atoms with Crippen molar-refractivity contribution in [3.8, 4) is 0 Å². The summed E-state index contributed by atoms with van der Waals surface area (Å²) in [6.07, 6.45) is -1.14. The van der Waals surface area contributed by atoms with Crippen molar-refractivity contribution in [1.82, 2.24) is 92.5 Å². The number of primary amides is 4. The first kappa shape index (κ1) is 95.9. The maximum absolute atomic E-state index is 14.6. The standard InChI is InChI=1S/C74H108N22O27/c75-53(99)18-15-37(61(109)88-44(30-56(78)102)69(117)96-27-7-14-52(96)74(122)123)82-62(110)41(28-36-32-79-35-81-36)85-64(112)43(31-58(105)106)87-60(108)39(17-20-57(103)104)83-65(113)45(33-97)89-63(111)42(29-55(77)101)86-59(107)38(16-19-54(76)100)84-66(114)47-9-2-22-91(47)70(118)46(34-98)90-67(115)48-10-3-23-92(48)71(119)50-12-5-25-94(50)73(121)51-13-6-26-95(51)72(120)49-11-4-24-93(49)68(116)40-8-1-21-80-40/h32,35,37-52,80,97-98H,1-31,33-34H2,(H2,75,99)(H2,76,100)(H2,77,101)(H2,78,102)(H,79,81)(H,82,110)(H,83,113)(H,84,114)(H,85,112)(H,86,107)(H,87,108)(H,88,109)(H,89,111)(H,90,115)(H,103,104)(H,105,106)(H,122,123)/t37-,38-,39-,40-,41-,42-,43-,44-,45-,46-,47-,48-,49-,50-,51-,52-/m0/s1. The molecule has 1 aromatic heterocycles. The van der Waals surface area contributed by atoms with E-state index in [-0.39, 0.29) is 94.8 Å². The minimum absolute atomic E-state index is 0.0191. The molecule has 0 unspecified atom stereocenters. The largest absolute Gasteiger partial charge is 0.481 e. The number of amides is 19. The molecule has 7 aliphatic heterocycles. The van der Waals surface area contributed by atoms with E-state index >= 15 is 0 Å². The van der Waals surface area contributed by atoms with Crippen LogP contribution in [-0.2, 0) is 112 Å². The quantitative estimate of drug-likeness (QED) is 0.0288. The molecule has 1 aromatic rings. The van der Waals surface area contributed by atoms with Crippen molar-refractivity contribution in [1.29, 1.82) is 0 Å². The third kappa shape index (κ3) is 26.0. The van der Waals surface area contributed by atoms with E-state index in [2.05, 4.69) is 52.5 Å². The van der Waals surface area contributed by atoms with Crippen LogP contribution in [0, 0.1) is 0 Å². The summed E-state index contributed by atoms with van der Waals surface area (Å²) in [5.74, 6) is -24.6. The van der Waals surface area contributed by atoms with Crippen molar-refractivity contribution in [2.75, 3.05) is 59.0 Å². The van der Waals surface area contributed by atoms with Gasteiger partial charge in [-0.1, -0.05) is 0 Å². The zero-order valence-electron chi connectivity index (χ0n) is 67.4. The predicted molar refractivity (Wildman–Crippen MR) is 415 cm³/mol. The first-order chi connectivity index (χ1) is 58.4. The lowest BCUT2D eigenvalue weighted by molar-refractivity contribution is -0.153. The lowest BCUT2D eigenvalue weighted by atomic mass is 10.0. The van der Waals surface area contributed by atoms with Gasteiger partial charge in [-0.2, -0.15) is 0 Å². The van der Waals surface area contributed by atoms with Crippen LogP contribution in [0.4, 0.5) is 0 Å². The minimum atomic E-state index is -2.26. The van der Waals surface area contributed by atoms with E-state index in [4.69, 9.17) is 22.9 Å². The summed E-state index contributed by atoms with van der Waals surface area (Å²) < 4.78 is 0. The third-order valence-corrected chi connectivity index (χ3v) is 22.5. The van der Waals surface area contributed by atoms with Crippen molar-refractivity contribution >= 4 is 130 Å². The van der Waals surface area contributed by atoms with Gasteiger partial charge in [0.2, 0.25) is 112 Å². The zero-order chi connectivity index (χ0) is 90.2. The van der Waals surface area contributed by atoms with Crippen LogP contribution >= 0.6 is 0 Å². The summed E-state index contributed by atoms with van der Waals surface area (Å²) in [5, 5.41) is 73.6. The maximum Gasteiger partial charge on any atom is 0.326 e. The maximum atomic E-state index is 14.6. The summed E-state index contributed by atoms with van der Waals surface area (Å²) in [5.41, 5.74) is 21.7. The summed E-state index contributed by atoms with van der Waals surface area (Å²) in [6, 6.07) is -24.9. The topological polar surface area (TPSA) is 749 Å². The number of rotatable bonds is 44. The second-order valence-electron chi connectivity index (χ2n) is 31.2. The molecule has 0 aliphatic carbocycles. The number of hydrogen-bond donors (Lipinski definition) is 20. The van der Waals surface area contributed by atoms with Gasteiger partial charge in [0.05, 0.1) is 44.8 Å². The van der Waals surface area contributed by atoms with E-state index in [1.54, 1.807) is 4.90 Å². The fourth-order valence-corrected chi connectivity index (χ4v) is 16.3. The Bertz CT molecular complexity index is 4170. The van der Waals surface area contributed by atoms with Crippen LogP contribution in [0.1, 0.15) is 153 Å². The average Bonchev–Trinajstić information content (AvgIpc) is 1.63. The average molecular weight is 1740 g/mol. The Morgan fingerprint density at radius 2 is 0.715 bits per heavy atom. The molecule has 0 saturated carbocycles. The van der Waals surface area contributed by atoms with Gasteiger partial charge in [-0.25, -0.2) is 9.78 Å². The summed E-state index contributed by atoms with van der Waals surface area (Å²) in [6.45, 7) is -1.01. The van der Waals surface area contributed by atoms with Crippen LogP contribution in [0.25, 0.3) is 0 Å². The molecule has 19 amide bonds. The van der Waals surface area contributed by atoms with Gasteiger partial charge in [-0.05, 0) is 116 Å². The molecule has 0 radical (unpaired) electrons. The monoisotopic (exact) mass is 1740 g/mol. The number of H-pyrrole nitrogens is 1. The van der Waals surface area contributed by atoms with Gasteiger partial charge in [-0.15, -0.1) is 0 Å². The van der Waals surface area contributed by atoms with Gasteiger partial charge in [0.25, 0.3) is 0 Å². The van der Waals surface area contributed by atoms with Gasteiger partial charge < -0.3 is 136 Å². The number of nitrogens with two attached hydrogens (primary N) is 4. The second-order valence-corrected chi connectivity index (χ2v) is 31.2. The molecule has 24 N–H and O–H groups in total. The van der Waals surface area contributed by atoms with Gasteiger partial charge in [0, 0.05) is 76.8 Å². The number of nitrogens with zero attached hydrogens (tertiary/aromatic N) is 7. The van der Waals surface area contributed by atoms with Crippen molar-refractivity contribution in [2.24, 2.45) is 22.9 Å². The van der Waals surface area contributed by atoms with Gasteiger partial charge >= 0.3 is 17.9 Å². The van der Waals surface area contributed by atoms with Crippen LogP contribution in [0.15, 0.2) is 12.5 Å². The van der Waals surface area contributed by atoms with Gasteiger partial charge in [0.1, 0.15) is 90.6 Å².